The molecule has 5 aromatic rings. The maximum absolute atomic E-state index is 6.45. The molecule has 2 N–H and O–H groups in total. The van der Waals surface area contributed by atoms with Gasteiger partial charge in [0, 0.05) is 32.8 Å². The highest BCUT2D eigenvalue weighted by Crippen LogP contribution is 2.48. The van der Waals surface area contributed by atoms with Crippen LogP contribution in [0.2, 0.25) is 0 Å². The predicted molar refractivity (Wildman–Crippen MR) is 182 cm³/mol. The Morgan fingerprint density at radius 3 is 2.36 bits per heavy atom. The van der Waals surface area contributed by atoms with Gasteiger partial charge in [0.05, 0.1) is 11.2 Å². The smallest absolute Gasteiger partial charge is 0.0788 e. The highest BCUT2D eigenvalue weighted by molar-refractivity contribution is 6.11. The molecule has 0 bridgehead atoms. The number of aromatic nitrogens is 1. The molecular weight excluding hydrogens is 508 g/mol. The standard InChI is InChI=1S/C40H34N2/c1-6-24-13-19-34-33(38(24)41)18-14-25-16-20-37(42-39(25)34)30-12-11-26-21-27(9-10-28(26)22-30)29-15-17-32-31(7-2)35(8-3)40(4,5)36(32)23-29/h6-8,11-23H,1-3,9-10,41H2,4-5H3. The van der Waals surface area contributed by atoms with Crippen molar-refractivity contribution < 1.29 is 0 Å². The van der Waals surface area contributed by atoms with Gasteiger partial charge in [0.2, 0.25) is 0 Å². The van der Waals surface area contributed by atoms with E-state index < -0.39 is 0 Å². The molecule has 0 radical (unpaired) electrons. The molecule has 0 atom stereocenters. The van der Waals surface area contributed by atoms with E-state index >= 15 is 0 Å². The van der Waals surface area contributed by atoms with Gasteiger partial charge in [-0.25, -0.2) is 4.98 Å². The van der Waals surface area contributed by atoms with E-state index in [2.05, 4.69) is 106 Å². The quantitative estimate of drug-likeness (QED) is 0.177. The van der Waals surface area contributed by atoms with E-state index in [0.29, 0.717) is 0 Å². The van der Waals surface area contributed by atoms with E-state index in [4.69, 9.17) is 10.7 Å². The molecule has 0 spiro atoms. The maximum atomic E-state index is 6.45. The molecule has 0 saturated heterocycles. The van der Waals surface area contributed by atoms with Crippen molar-refractivity contribution in [3.05, 3.63) is 144 Å². The lowest BCUT2D eigenvalue weighted by Gasteiger charge is -2.24. The number of hydrogen-bond acceptors (Lipinski definition) is 2. The lowest BCUT2D eigenvalue weighted by atomic mass is 9.79. The Labute approximate surface area is 247 Å². The number of rotatable bonds is 5. The van der Waals surface area contributed by atoms with Crippen LogP contribution in [0.1, 0.15) is 53.6 Å². The number of hydrogen-bond donors (Lipinski definition) is 1. The van der Waals surface area contributed by atoms with Gasteiger partial charge in [-0.2, -0.15) is 0 Å². The second-order valence-electron chi connectivity index (χ2n) is 11.9. The van der Waals surface area contributed by atoms with Crippen LogP contribution in [0.4, 0.5) is 5.69 Å². The van der Waals surface area contributed by atoms with Crippen LogP contribution in [-0.2, 0) is 11.8 Å². The van der Waals surface area contributed by atoms with Gasteiger partial charge in [-0.05, 0) is 81.1 Å². The maximum Gasteiger partial charge on any atom is 0.0788 e. The molecule has 0 unspecified atom stereocenters. The highest BCUT2D eigenvalue weighted by Gasteiger charge is 2.35. The van der Waals surface area contributed by atoms with E-state index in [1.807, 2.05) is 18.2 Å². The fraction of sp³-hybridized carbons (Fsp3) is 0.125. The number of allylic oxidation sites excluding steroid dienone is 5. The van der Waals surface area contributed by atoms with Crippen LogP contribution in [-0.4, -0.2) is 4.98 Å². The minimum Gasteiger partial charge on any atom is -0.398 e. The molecule has 204 valence electrons. The first-order chi connectivity index (χ1) is 20.3. The van der Waals surface area contributed by atoms with Crippen molar-refractivity contribution in [1.82, 2.24) is 4.98 Å². The average Bonchev–Trinajstić information content (AvgIpc) is 3.24. The van der Waals surface area contributed by atoms with Crippen molar-refractivity contribution in [2.24, 2.45) is 0 Å². The van der Waals surface area contributed by atoms with Crippen molar-refractivity contribution in [2.45, 2.75) is 32.1 Å². The predicted octanol–water partition coefficient (Wildman–Crippen LogP) is 10.2. The molecule has 1 heterocycles. The molecular formula is C40H34N2. The summed E-state index contributed by atoms with van der Waals surface area (Å²) in [4.78, 5) is 5.14. The van der Waals surface area contributed by atoms with Gasteiger partial charge < -0.3 is 5.73 Å². The lowest BCUT2D eigenvalue weighted by molar-refractivity contribution is 0.654. The molecule has 2 aliphatic carbocycles. The van der Waals surface area contributed by atoms with Crippen LogP contribution in [0.3, 0.4) is 0 Å². The Bertz CT molecular complexity index is 2070. The zero-order valence-corrected chi connectivity index (χ0v) is 24.3. The van der Waals surface area contributed by atoms with Crippen LogP contribution in [0, 0.1) is 0 Å². The first-order valence-electron chi connectivity index (χ1n) is 14.6. The highest BCUT2D eigenvalue weighted by atomic mass is 14.7. The summed E-state index contributed by atoms with van der Waals surface area (Å²) in [6.45, 7) is 16.6. The van der Waals surface area contributed by atoms with E-state index in [-0.39, 0.29) is 5.41 Å². The van der Waals surface area contributed by atoms with Gasteiger partial charge in [-0.3, -0.25) is 0 Å². The Hall–Kier alpha value is -4.95. The van der Waals surface area contributed by atoms with E-state index in [1.54, 1.807) is 6.08 Å². The monoisotopic (exact) mass is 542 g/mol. The van der Waals surface area contributed by atoms with Crippen molar-refractivity contribution in [2.75, 3.05) is 5.73 Å². The van der Waals surface area contributed by atoms with Gasteiger partial charge in [0.15, 0.2) is 0 Å². The number of fused-ring (bicyclic) bond motifs is 5. The van der Waals surface area contributed by atoms with Crippen LogP contribution >= 0.6 is 0 Å². The summed E-state index contributed by atoms with van der Waals surface area (Å²) in [5, 5.41) is 3.19. The van der Waals surface area contributed by atoms with Gasteiger partial charge in [0.25, 0.3) is 0 Å². The fourth-order valence-corrected chi connectivity index (χ4v) is 6.96. The first kappa shape index (κ1) is 26.0. The number of aryl methyl sites for hydroxylation is 1. The zero-order valence-electron chi connectivity index (χ0n) is 24.3. The third-order valence-corrected chi connectivity index (χ3v) is 9.31. The van der Waals surface area contributed by atoms with E-state index in [0.717, 1.165) is 57.0 Å². The van der Waals surface area contributed by atoms with Gasteiger partial charge in [-0.1, -0.05) is 112 Å². The molecule has 2 aliphatic rings. The molecule has 2 heteroatoms. The summed E-state index contributed by atoms with van der Waals surface area (Å²) in [5.74, 6) is 0. The van der Waals surface area contributed by atoms with Crippen molar-refractivity contribution >= 4 is 50.7 Å². The second-order valence-corrected chi connectivity index (χ2v) is 11.9. The van der Waals surface area contributed by atoms with Gasteiger partial charge in [-0.15, -0.1) is 0 Å². The largest absolute Gasteiger partial charge is 0.398 e. The third-order valence-electron chi connectivity index (χ3n) is 9.31. The molecule has 2 nitrogen and oxygen atoms in total. The summed E-state index contributed by atoms with van der Waals surface area (Å²) >= 11 is 0. The van der Waals surface area contributed by atoms with Crippen LogP contribution in [0.25, 0.3) is 56.2 Å². The van der Waals surface area contributed by atoms with E-state index in [9.17, 15) is 0 Å². The Kier molecular flexibility index (Phi) is 5.92. The summed E-state index contributed by atoms with van der Waals surface area (Å²) in [6, 6.07) is 26.3. The van der Waals surface area contributed by atoms with Crippen molar-refractivity contribution in [3.63, 3.8) is 0 Å². The minimum atomic E-state index is -0.0868. The van der Waals surface area contributed by atoms with Crippen LogP contribution < -0.4 is 5.73 Å². The molecule has 0 fully saturated rings. The normalized spacial score (nSPS) is 15.3. The summed E-state index contributed by atoms with van der Waals surface area (Å²) in [6.07, 6.45) is 10.1. The van der Waals surface area contributed by atoms with Crippen molar-refractivity contribution in [3.8, 4) is 11.3 Å². The zero-order chi connectivity index (χ0) is 29.2. The number of benzene rings is 4. The average molecular weight is 543 g/mol. The number of nitrogens with zero attached hydrogens (tertiary/aromatic N) is 1. The van der Waals surface area contributed by atoms with Crippen LogP contribution in [0.15, 0.2) is 110 Å². The molecule has 0 amide bonds. The number of nitrogens with two attached hydrogens (primary N) is 1. The first-order valence-corrected chi connectivity index (χ1v) is 14.6. The molecule has 1 aromatic heterocycles. The van der Waals surface area contributed by atoms with Crippen molar-refractivity contribution in [1.29, 1.82) is 0 Å². The Morgan fingerprint density at radius 2 is 1.57 bits per heavy atom. The summed E-state index contributed by atoms with van der Waals surface area (Å²) < 4.78 is 0. The SMILES string of the molecule is C=CC1=C(C=C)C(C)(C)c2cc(C3=Cc4ccc(-c5ccc6ccc7c(N)c(C=C)ccc7c6n5)cc4CC3)ccc21. The minimum absolute atomic E-state index is 0.0868. The topological polar surface area (TPSA) is 38.9 Å². The van der Waals surface area contributed by atoms with Gasteiger partial charge >= 0.3 is 0 Å². The fourth-order valence-electron chi connectivity index (χ4n) is 6.96. The molecule has 7 rings (SSSR count). The van der Waals surface area contributed by atoms with Gasteiger partial charge in [0.1, 0.15) is 0 Å². The Balaban J connectivity index is 1.25. The lowest BCUT2D eigenvalue weighted by Crippen LogP contribution is -2.16. The summed E-state index contributed by atoms with van der Waals surface area (Å²) in [7, 11) is 0. The molecule has 4 aromatic carbocycles. The number of anilines is 1. The third kappa shape index (κ3) is 3.83. The Morgan fingerprint density at radius 1 is 0.786 bits per heavy atom. The molecule has 0 aliphatic heterocycles. The number of pyridine rings is 1. The number of nitrogen functional groups attached to an aromatic ring is 1. The van der Waals surface area contributed by atoms with Crippen LogP contribution in [0.5, 0.6) is 0 Å². The van der Waals surface area contributed by atoms with E-state index in [1.165, 1.54) is 44.5 Å². The molecule has 42 heavy (non-hydrogen) atoms. The summed E-state index contributed by atoms with van der Waals surface area (Å²) in [5.41, 5.74) is 21.5. The molecule has 0 saturated carbocycles. The second kappa shape index (κ2) is 9.56.